The Morgan fingerprint density at radius 2 is 2.00 bits per heavy atom. The van der Waals surface area contributed by atoms with Crippen molar-refractivity contribution >= 4 is 17.1 Å². The second kappa shape index (κ2) is 7.59. The van der Waals surface area contributed by atoms with Crippen LogP contribution < -0.4 is 0 Å². The first kappa shape index (κ1) is 16.0. The highest BCUT2D eigenvalue weighted by Crippen LogP contribution is 2.33. The number of ketones is 1. The molecule has 0 radical (unpaired) electrons. The summed E-state index contributed by atoms with van der Waals surface area (Å²) in [6.07, 6.45) is 2.40. The smallest absolute Gasteiger partial charge is 0.139 e. The predicted octanol–water partition coefficient (Wildman–Crippen LogP) is 3.69. The van der Waals surface area contributed by atoms with Crippen molar-refractivity contribution in [2.24, 2.45) is 11.8 Å². The van der Waals surface area contributed by atoms with Gasteiger partial charge in [0.25, 0.3) is 0 Å². The molecule has 1 saturated carbocycles. The van der Waals surface area contributed by atoms with E-state index in [0.29, 0.717) is 0 Å². The third-order valence-electron chi connectivity index (χ3n) is 4.35. The molecule has 1 N–H and O–H groups in total. The molecular formula is C20H20O2S. The van der Waals surface area contributed by atoms with Crippen molar-refractivity contribution in [1.82, 2.24) is 0 Å². The topological polar surface area (TPSA) is 37.3 Å². The summed E-state index contributed by atoms with van der Waals surface area (Å²) in [7, 11) is 0. The highest BCUT2D eigenvalue weighted by atomic mass is 32.1. The van der Waals surface area contributed by atoms with E-state index in [-0.39, 0.29) is 24.0 Å². The lowest BCUT2D eigenvalue weighted by Gasteiger charge is -2.15. The van der Waals surface area contributed by atoms with Crippen LogP contribution in [0.4, 0.5) is 0 Å². The van der Waals surface area contributed by atoms with Crippen molar-refractivity contribution < 1.29 is 9.90 Å². The van der Waals surface area contributed by atoms with Gasteiger partial charge in [0.15, 0.2) is 0 Å². The Hall–Kier alpha value is -1.89. The molecule has 1 aliphatic rings. The van der Waals surface area contributed by atoms with Crippen LogP contribution in [0, 0.1) is 23.7 Å². The highest BCUT2D eigenvalue weighted by molar-refractivity contribution is 7.09. The number of aryl methyl sites for hydroxylation is 1. The zero-order chi connectivity index (χ0) is 16.1. The molecule has 2 aromatic rings. The van der Waals surface area contributed by atoms with E-state index in [9.17, 15) is 9.90 Å². The Kier molecular flexibility index (Phi) is 5.27. The Morgan fingerprint density at radius 3 is 2.74 bits per heavy atom. The number of carbonyl (C=O) groups is 1. The van der Waals surface area contributed by atoms with E-state index >= 15 is 0 Å². The van der Waals surface area contributed by atoms with E-state index in [1.807, 2.05) is 30.3 Å². The van der Waals surface area contributed by atoms with Gasteiger partial charge in [-0.2, -0.15) is 0 Å². The third kappa shape index (κ3) is 4.10. The lowest BCUT2D eigenvalue weighted by molar-refractivity contribution is -0.121. The normalized spacial score (nSPS) is 23.5. The summed E-state index contributed by atoms with van der Waals surface area (Å²) >= 11 is 1.75. The summed E-state index contributed by atoms with van der Waals surface area (Å²) in [4.78, 5) is 13.5. The molecule has 3 heteroatoms. The second-order valence-corrected chi connectivity index (χ2v) is 7.01. The maximum absolute atomic E-state index is 12.2. The fraction of sp³-hybridized carbons (Fsp3) is 0.350. The number of benzene rings is 1. The zero-order valence-corrected chi connectivity index (χ0v) is 13.8. The van der Waals surface area contributed by atoms with Crippen LogP contribution in [0.15, 0.2) is 47.8 Å². The van der Waals surface area contributed by atoms with Crippen LogP contribution in [0.5, 0.6) is 0 Å². The van der Waals surface area contributed by atoms with Gasteiger partial charge in [-0.3, -0.25) is 4.79 Å². The molecule has 118 valence electrons. The van der Waals surface area contributed by atoms with Gasteiger partial charge in [0, 0.05) is 22.8 Å². The number of aliphatic hydroxyl groups excluding tert-OH is 1. The van der Waals surface area contributed by atoms with Crippen molar-refractivity contribution in [2.75, 3.05) is 0 Å². The molecule has 0 amide bonds. The fourth-order valence-electron chi connectivity index (χ4n) is 3.13. The Morgan fingerprint density at radius 1 is 1.17 bits per heavy atom. The molecule has 0 aliphatic heterocycles. The minimum Gasteiger partial charge on any atom is -0.391 e. The monoisotopic (exact) mass is 324 g/mol. The van der Waals surface area contributed by atoms with Crippen molar-refractivity contribution in [1.29, 1.82) is 0 Å². The molecule has 1 aliphatic carbocycles. The molecule has 0 bridgehead atoms. The summed E-state index contributed by atoms with van der Waals surface area (Å²) in [5.41, 5.74) is 0.927. The summed E-state index contributed by atoms with van der Waals surface area (Å²) in [6.45, 7) is 0. The standard InChI is InChI=1S/C20H20O2S/c21-19-14-20(22)18(12-11-15-6-2-1-3-7-15)17(19)10-4-8-16-9-5-13-23-16/h1-3,5-7,9,13,17-18,20,22H,4,8,10,14H2/t17-,18-,20-/m1/s1. The fourth-order valence-corrected chi connectivity index (χ4v) is 3.88. The number of thiophene rings is 1. The van der Waals surface area contributed by atoms with Gasteiger partial charge in [-0.15, -0.1) is 11.3 Å². The van der Waals surface area contributed by atoms with Gasteiger partial charge in [-0.05, 0) is 42.8 Å². The molecule has 0 unspecified atom stereocenters. The molecule has 0 spiro atoms. The van der Waals surface area contributed by atoms with Crippen LogP contribution in [0.25, 0.3) is 0 Å². The van der Waals surface area contributed by atoms with Crippen molar-refractivity contribution in [3.8, 4) is 11.8 Å². The molecule has 1 aromatic heterocycles. The number of hydrogen-bond donors (Lipinski definition) is 1. The van der Waals surface area contributed by atoms with Crippen molar-refractivity contribution in [3.63, 3.8) is 0 Å². The van der Waals surface area contributed by atoms with Gasteiger partial charge in [0.1, 0.15) is 5.78 Å². The van der Waals surface area contributed by atoms with Crippen LogP contribution in [-0.2, 0) is 11.2 Å². The molecule has 23 heavy (non-hydrogen) atoms. The molecule has 3 rings (SSSR count). The first-order valence-electron chi connectivity index (χ1n) is 8.04. The van der Waals surface area contributed by atoms with E-state index in [4.69, 9.17) is 0 Å². The average molecular weight is 324 g/mol. The maximum Gasteiger partial charge on any atom is 0.139 e. The van der Waals surface area contributed by atoms with E-state index in [1.54, 1.807) is 11.3 Å². The van der Waals surface area contributed by atoms with E-state index in [1.165, 1.54) is 4.88 Å². The molecule has 2 nitrogen and oxygen atoms in total. The van der Waals surface area contributed by atoms with Gasteiger partial charge in [-0.1, -0.05) is 36.1 Å². The summed E-state index contributed by atoms with van der Waals surface area (Å²) in [6, 6.07) is 13.9. The Labute approximate surface area is 141 Å². The molecule has 1 aromatic carbocycles. The van der Waals surface area contributed by atoms with Gasteiger partial charge in [-0.25, -0.2) is 0 Å². The van der Waals surface area contributed by atoms with Gasteiger partial charge < -0.3 is 5.11 Å². The van der Waals surface area contributed by atoms with Crippen LogP contribution in [0.2, 0.25) is 0 Å². The summed E-state index contributed by atoms with van der Waals surface area (Å²) < 4.78 is 0. The first-order valence-corrected chi connectivity index (χ1v) is 8.92. The van der Waals surface area contributed by atoms with Crippen molar-refractivity contribution in [3.05, 3.63) is 58.3 Å². The minimum atomic E-state index is -0.620. The molecule has 1 fully saturated rings. The Bertz CT molecular complexity index is 694. The molecule has 1 heterocycles. The zero-order valence-electron chi connectivity index (χ0n) is 12.9. The van der Waals surface area contributed by atoms with Crippen LogP contribution in [0.3, 0.4) is 0 Å². The van der Waals surface area contributed by atoms with E-state index in [2.05, 4.69) is 29.4 Å². The number of carbonyl (C=O) groups excluding carboxylic acids is 1. The van der Waals surface area contributed by atoms with E-state index < -0.39 is 6.10 Å². The third-order valence-corrected chi connectivity index (χ3v) is 5.28. The Balaban J connectivity index is 1.64. The number of hydrogen-bond acceptors (Lipinski definition) is 3. The first-order chi connectivity index (χ1) is 11.2. The predicted molar refractivity (Wildman–Crippen MR) is 93.2 cm³/mol. The lowest BCUT2D eigenvalue weighted by Crippen LogP contribution is -2.19. The highest BCUT2D eigenvalue weighted by Gasteiger charge is 2.40. The molecule has 3 atom stereocenters. The lowest BCUT2D eigenvalue weighted by atomic mass is 9.89. The van der Waals surface area contributed by atoms with Gasteiger partial charge in [0.2, 0.25) is 0 Å². The second-order valence-electron chi connectivity index (χ2n) is 5.98. The quantitative estimate of drug-likeness (QED) is 0.871. The maximum atomic E-state index is 12.2. The van der Waals surface area contributed by atoms with Crippen molar-refractivity contribution in [2.45, 2.75) is 31.8 Å². The molecular weight excluding hydrogens is 304 g/mol. The number of aliphatic hydroxyl groups is 1. The van der Waals surface area contributed by atoms with E-state index in [0.717, 1.165) is 24.8 Å². The van der Waals surface area contributed by atoms with Crippen LogP contribution in [0.1, 0.15) is 29.7 Å². The van der Waals surface area contributed by atoms with Gasteiger partial charge >= 0.3 is 0 Å². The summed E-state index contributed by atoms with van der Waals surface area (Å²) in [5.74, 6) is 6.07. The number of rotatable bonds is 4. The van der Waals surface area contributed by atoms with Crippen LogP contribution >= 0.6 is 11.3 Å². The SMILES string of the molecule is O=C1C[C@@H](O)[C@H](C#Cc2ccccc2)[C@H]1CCCc1cccs1. The summed E-state index contributed by atoms with van der Waals surface area (Å²) in [5, 5.41) is 12.2. The molecule has 0 saturated heterocycles. The number of Topliss-reactive ketones (excluding diaryl/α,β-unsaturated/α-hetero) is 1. The van der Waals surface area contributed by atoms with Gasteiger partial charge in [0.05, 0.1) is 12.0 Å². The van der Waals surface area contributed by atoms with Crippen LogP contribution in [-0.4, -0.2) is 17.0 Å². The minimum absolute atomic E-state index is 0.124. The average Bonchev–Trinajstić information content (AvgIpc) is 3.16. The largest absolute Gasteiger partial charge is 0.391 e.